The van der Waals surface area contributed by atoms with Crippen molar-refractivity contribution in [1.29, 1.82) is 0 Å². The molecule has 0 fully saturated rings. The normalized spacial score (nSPS) is 10.1. The number of benzene rings is 2. The average Bonchev–Trinajstić information content (AvgIpc) is 2.62. The summed E-state index contributed by atoms with van der Waals surface area (Å²) < 4.78 is 10.4. The summed E-state index contributed by atoms with van der Waals surface area (Å²) in [7, 11) is 3.06. The molecule has 0 spiro atoms. The van der Waals surface area contributed by atoms with Crippen LogP contribution in [0.1, 0.15) is 23.2 Å². The highest BCUT2D eigenvalue weighted by molar-refractivity contribution is 5.96. The summed E-state index contributed by atoms with van der Waals surface area (Å²) in [5, 5.41) is 0. The van der Waals surface area contributed by atoms with E-state index < -0.39 is 0 Å². The van der Waals surface area contributed by atoms with Gasteiger partial charge < -0.3 is 14.4 Å². The fraction of sp³-hybridized carbons (Fsp3) is 0.263. The monoisotopic (exact) mass is 327 g/mol. The molecule has 0 aromatic heterocycles. The van der Waals surface area contributed by atoms with Gasteiger partial charge in [-0.2, -0.15) is 0 Å². The predicted octanol–water partition coefficient (Wildman–Crippen LogP) is 3.50. The number of rotatable bonds is 7. The van der Waals surface area contributed by atoms with E-state index in [-0.39, 0.29) is 18.3 Å². The van der Waals surface area contributed by atoms with Gasteiger partial charge >= 0.3 is 5.97 Å². The van der Waals surface area contributed by atoms with Gasteiger partial charge in [-0.15, -0.1) is 0 Å². The molecule has 126 valence electrons. The first-order chi connectivity index (χ1) is 11.6. The van der Waals surface area contributed by atoms with Crippen LogP contribution in [0.4, 0.5) is 0 Å². The quantitative estimate of drug-likeness (QED) is 0.730. The number of methoxy groups -OCH3 is 1. The van der Waals surface area contributed by atoms with Gasteiger partial charge in [0.05, 0.1) is 12.7 Å². The van der Waals surface area contributed by atoms with E-state index in [2.05, 4.69) is 4.74 Å². The molecule has 5 nitrogen and oxygen atoms in total. The summed E-state index contributed by atoms with van der Waals surface area (Å²) >= 11 is 0. The number of carbonyl (C=O) groups excluding carboxylic acids is 2. The van der Waals surface area contributed by atoms with Gasteiger partial charge in [-0.3, -0.25) is 9.59 Å². The van der Waals surface area contributed by atoms with Gasteiger partial charge in [0.2, 0.25) is 0 Å². The maximum atomic E-state index is 12.6. The van der Waals surface area contributed by atoms with Crippen LogP contribution in [0.3, 0.4) is 0 Å². The zero-order valence-electron chi connectivity index (χ0n) is 13.9. The van der Waals surface area contributed by atoms with Gasteiger partial charge in [0, 0.05) is 20.0 Å². The highest BCUT2D eigenvalue weighted by atomic mass is 16.5. The van der Waals surface area contributed by atoms with E-state index in [1.807, 2.05) is 36.4 Å². The van der Waals surface area contributed by atoms with Crippen molar-refractivity contribution in [2.24, 2.45) is 0 Å². The van der Waals surface area contributed by atoms with Crippen LogP contribution in [0.15, 0.2) is 54.6 Å². The van der Waals surface area contributed by atoms with Gasteiger partial charge in [-0.1, -0.05) is 30.3 Å². The largest absolute Gasteiger partial charge is 0.469 e. The second kappa shape index (κ2) is 8.72. The van der Waals surface area contributed by atoms with Gasteiger partial charge in [0.25, 0.3) is 5.91 Å². The molecule has 24 heavy (non-hydrogen) atoms. The Hall–Kier alpha value is -2.82. The molecule has 0 saturated carbocycles. The maximum absolute atomic E-state index is 12.6. The first kappa shape index (κ1) is 17.5. The summed E-state index contributed by atoms with van der Waals surface area (Å²) in [6.07, 6.45) is 0.840. The Morgan fingerprint density at radius 2 is 1.67 bits per heavy atom. The number of hydrogen-bond acceptors (Lipinski definition) is 4. The molecular formula is C19H21NO4. The van der Waals surface area contributed by atoms with E-state index in [1.165, 1.54) is 7.11 Å². The second-order valence-electron chi connectivity index (χ2n) is 5.32. The lowest BCUT2D eigenvalue weighted by atomic mass is 10.1. The van der Waals surface area contributed by atoms with Crippen LogP contribution in [0, 0.1) is 0 Å². The van der Waals surface area contributed by atoms with Gasteiger partial charge in [0.1, 0.15) is 11.5 Å². The van der Waals surface area contributed by atoms with Crippen LogP contribution in [0.2, 0.25) is 0 Å². The lowest BCUT2D eigenvalue weighted by Gasteiger charge is -2.19. The van der Waals surface area contributed by atoms with Crippen molar-refractivity contribution in [2.45, 2.75) is 12.8 Å². The van der Waals surface area contributed by atoms with Crippen molar-refractivity contribution >= 4 is 11.9 Å². The molecule has 2 aromatic rings. The zero-order chi connectivity index (χ0) is 17.4. The Balaban J connectivity index is 2.05. The minimum absolute atomic E-state index is 0.147. The van der Waals surface area contributed by atoms with Gasteiger partial charge in [-0.05, 0) is 30.7 Å². The molecule has 2 aromatic carbocycles. The molecule has 0 heterocycles. The minimum atomic E-state index is -0.274. The van der Waals surface area contributed by atoms with Crippen molar-refractivity contribution in [1.82, 2.24) is 4.90 Å². The molecule has 0 aliphatic rings. The number of amides is 1. The molecule has 1 amide bonds. The van der Waals surface area contributed by atoms with E-state index >= 15 is 0 Å². The van der Waals surface area contributed by atoms with Crippen LogP contribution in [-0.2, 0) is 9.53 Å². The Morgan fingerprint density at radius 3 is 2.38 bits per heavy atom. The van der Waals surface area contributed by atoms with Crippen LogP contribution in [0.25, 0.3) is 0 Å². The van der Waals surface area contributed by atoms with E-state index in [9.17, 15) is 9.59 Å². The summed E-state index contributed by atoms with van der Waals surface area (Å²) in [5.74, 6) is 0.759. The molecule has 0 unspecified atom stereocenters. The van der Waals surface area contributed by atoms with Crippen molar-refractivity contribution in [2.75, 3.05) is 20.7 Å². The molecule has 0 radical (unpaired) electrons. The molecule has 0 saturated heterocycles. The maximum Gasteiger partial charge on any atom is 0.305 e. The predicted molar refractivity (Wildman–Crippen MR) is 91.2 cm³/mol. The lowest BCUT2D eigenvalue weighted by Crippen LogP contribution is -2.28. The number of ether oxygens (including phenoxy) is 2. The van der Waals surface area contributed by atoms with Crippen LogP contribution < -0.4 is 4.74 Å². The molecule has 2 rings (SSSR count). The molecule has 0 aliphatic heterocycles. The molecule has 0 bridgehead atoms. The van der Waals surface area contributed by atoms with E-state index in [4.69, 9.17) is 4.74 Å². The Bertz CT molecular complexity index is 685. The van der Waals surface area contributed by atoms with Crippen LogP contribution in [0.5, 0.6) is 11.5 Å². The summed E-state index contributed by atoms with van der Waals surface area (Å²) in [6.45, 7) is 0.466. The van der Waals surface area contributed by atoms with Crippen molar-refractivity contribution < 1.29 is 19.1 Å². The number of nitrogens with zero attached hydrogens (tertiary/aromatic N) is 1. The fourth-order valence-corrected chi connectivity index (χ4v) is 2.22. The first-order valence-corrected chi connectivity index (χ1v) is 7.76. The number of para-hydroxylation sites is 2. The van der Waals surface area contributed by atoms with E-state index in [0.717, 1.165) is 0 Å². The number of hydrogen-bond donors (Lipinski definition) is 0. The third-order valence-corrected chi connectivity index (χ3v) is 3.54. The Labute approximate surface area is 141 Å². The standard InChI is InChI=1S/C19H21NO4/c1-20(14-8-13-18(21)23-2)19(22)16-11-6-7-12-17(16)24-15-9-4-3-5-10-15/h3-7,9-12H,8,13-14H2,1-2H3. The summed E-state index contributed by atoms with van der Waals surface area (Å²) in [6, 6.07) is 16.4. The molecule has 0 aliphatic carbocycles. The second-order valence-corrected chi connectivity index (χ2v) is 5.32. The Morgan fingerprint density at radius 1 is 1.00 bits per heavy atom. The molecular weight excluding hydrogens is 306 g/mol. The van der Waals surface area contributed by atoms with Gasteiger partial charge in [0.15, 0.2) is 0 Å². The Kier molecular flexibility index (Phi) is 6.37. The van der Waals surface area contributed by atoms with Crippen molar-refractivity contribution in [3.8, 4) is 11.5 Å². The first-order valence-electron chi connectivity index (χ1n) is 7.76. The van der Waals surface area contributed by atoms with Crippen molar-refractivity contribution in [3.63, 3.8) is 0 Å². The van der Waals surface area contributed by atoms with Crippen LogP contribution in [-0.4, -0.2) is 37.5 Å². The van der Waals surface area contributed by atoms with E-state index in [0.29, 0.717) is 30.0 Å². The average molecular weight is 327 g/mol. The topological polar surface area (TPSA) is 55.8 Å². The van der Waals surface area contributed by atoms with Crippen molar-refractivity contribution in [3.05, 3.63) is 60.2 Å². The summed E-state index contributed by atoms with van der Waals surface area (Å²) in [5.41, 5.74) is 0.488. The number of esters is 1. The highest BCUT2D eigenvalue weighted by Gasteiger charge is 2.17. The van der Waals surface area contributed by atoms with Crippen LogP contribution >= 0.6 is 0 Å². The third-order valence-electron chi connectivity index (χ3n) is 3.54. The molecule has 5 heteroatoms. The fourth-order valence-electron chi connectivity index (χ4n) is 2.22. The highest BCUT2D eigenvalue weighted by Crippen LogP contribution is 2.25. The lowest BCUT2D eigenvalue weighted by molar-refractivity contribution is -0.140. The minimum Gasteiger partial charge on any atom is -0.469 e. The molecule has 0 atom stereocenters. The smallest absolute Gasteiger partial charge is 0.305 e. The van der Waals surface area contributed by atoms with Gasteiger partial charge in [-0.25, -0.2) is 0 Å². The SMILES string of the molecule is COC(=O)CCCN(C)C(=O)c1ccccc1Oc1ccccc1. The summed E-state index contributed by atoms with van der Waals surface area (Å²) in [4.78, 5) is 25.4. The van der Waals surface area contributed by atoms with E-state index in [1.54, 1.807) is 30.1 Å². The number of carbonyl (C=O) groups is 2. The molecule has 0 N–H and O–H groups in total. The third kappa shape index (κ3) is 4.84. The zero-order valence-corrected chi connectivity index (χ0v) is 13.9.